The number of carbonyl (C=O) groups is 3. The van der Waals surface area contributed by atoms with Crippen LogP contribution in [0.15, 0.2) is 72.9 Å². The zero-order valence-corrected chi connectivity index (χ0v) is 49.8. The second kappa shape index (κ2) is 63.4. The Kier molecular flexibility index (Phi) is 60.7. The average Bonchev–Trinajstić information content (AvgIpc) is 3.41. The largest absolute Gasteiger partial charge is 0.462 e. The molecule has 0 bridgehead atoms. The summed E-state index contributed by atoms with van der Waals surface area (Å²) in [5, 5.41) is 0. The number of allylic oxidation sites excluding steroid dienone is 12. The third kappa shape index (κ3) is 61.6. The van der Waals surface area contributed by atoms with Crippen molar-refractivity contribution >= 4 is 17.9 Å². The maximum Gasteiger partial charge on any atom is 0.306 e. The number of hydrogen-bond acceptors (Lipinski definition) is 6. The second-order valence-corrected chi connectivity index (χ2v) is 21.6. The van der Waals surface area contributed by atoms with Crippen molar-refractivity contribution < 1.29 is 28.6 Å². The molecule has 434 valence electrons. The lowest BCUT2D eigenvalue weighted by molar-refractivity contribution is -0.167. The quantitative estimate of drug-likeness (QED) is 0.0261. The van der Waals surface area contributed by atoms with E-state index in [1.54, 1.807) is 0 Å². The van der Waals surface area contributed by atoms with Crippen LogP contribution in [0.25, 0.3) is 0 Å². The van der Waals surface area contributed by atoms with E-state index in [4.69, 9.17) is 14.2 Å². The molecule has 0 saturated heterocycles. The number of ether oxygens (including phenoxy) is 3. The van der Waals surface area contributed by atoms with Crippen LogP contribution in [0.5, 0.6) is 0 Å². The molecule has 0 aromatic rings. The minimum absolute atomic E-state index is 0.0721. The molecule has 1 atom stereocenters. The lowest BCUT2D eigenvalue weighted by Gasteiger charge is -2.18. The number of esters is 3. The van der Waals surface area contributed by atoms with Crippen LogP contribution < -0.4 is 0 Å². The van der Waals surface area contributed by atoms with Crippen LogP contribution in [-0.4, -0.2) is 37.2 Å². The van der Waals surface area contributed by atoms with Crippen molar-refractivity contribution in [2.75, 3.05) is 13.2 Å². The standard InChI is InChI=1S/C69H122O6/c1-4-7-10-13-15-17-19-21-23-25-27-28-29-30-31-32-33-34-35-36-37-38-39-40-42-43-45-47-49-51-53-56-59-62-68(71)74-65-66(64-73-67(70)61-58-55-12-9-6-3)75-69(72)63-60-57-54-52-50-48-46-44-41-26-24-22-20-18-16-14-11-8-5-2/h7,10,15,17,21-24,27-28,30-31,66H,4-6,8-9,11-14,16,18-20,25-26,29,32-65H2,1-3H3/b10-7-,17-15-,23-21-,24-22-,28-27-,31-30-. The van der Waals surface area contributed by atoms with Crippen LogP contribution in [0, 0.1) is 0 Å². The minimum atomic E-state index is -0.770. The molecule has 75 heavy (non-hydrogen) atoms. The Bertz CT molecular complexity index is 1390. The summed E-state index contributed by atoms with van der Waals surface area (Å²) >= 11 is 0. The molecule has 0 aliphatic carbocycles. The molecular weight excluding hydrogens is 925 g/mol. The maximum absolute atomic E-state index is 12.8. The van der Waals surface area contributed by atoms with Gasteiger partial charge in [0.1, 0.15) is 13.2 Å². The summed E-state index contributed by atoms with van der Waals surface area (Å²) in [6, 6.07) is 0. The molecule has 0 fully saturated rings. The van der Waals surface area contributed by atoms with E-state index < -0.39 is 6.10 Å². The molecule has 0 amide bonds. The van der Waals surface area contributed by atoms with E-state index in [0.717, 1.165) is 96.3 Å². The van der Waals surface area contributed by atoms with Gasteiger partial charge in [0, 0.05) is 19.3 Å². The number of rotatable bonds is 59. The van der Waals surface area contributed by atoms with Crippen LogP contribution in [0.3, 0.4) is 0 Å². The Morgan fingerprint density at radius 2 is 0.520 bits per heavy atom. The second-order valence-electron chi connectivity index (χ2n) is 21.6. The van der Waals surface area contributed by atoms with Crippen LogP contribution in [0.4, 0.5) is 0 Å². The highest BCUT2D eigenvalue weighted by atomic mass is 16.6. The highest BCUT2D eigenvalue weighted by Gasteiger charge is 2.19. The molecule has 0 spiro atoms. The molecule has 0 saturated carbocycles. The molecule has 0 aliphatic rings. The molecule has 6 nitrogen and oxygen atoms in total. The number of carbonyl (C=O) groups excluding carboxylic acids is 3. The summed E-state index contributed by atoms with van der Waals surface area (Å²) in [7, 11) is 0. The summed E-state index contributed by atoms with van der Waals surface area (Å²) in [4.78, 5) is 37.9. The Balaban J connectivity index is 3.95. The highest BCUT2D eigenvalue weighted by molar-refractivity contribution is 5.71. The molecule has 0 N–H and O–H groups in total. The fraction of sp³-hybridized carbons (Fsp3) is 0.783. The first-order chi connectivity index (χ1) is 37.0. The van der Waals surface area contributed by atoms with Gasteiger partial charge in [0.25, 0.3) is 0 Å². The monoisotopic (exact) mass is 1050 g/mol. The molecule has 0 aromatic carbocycles. The molecular formula is C69H122O6. The maximum atomic E-state index is 12.8. The van der Waals surface area contributed by atoms with E-state index in [2.05, 4.69) is 93.7 Å². The first-order valence-electron chi connectivity index (χ1n) is 32.4. The molecule has 0 aromatic heterocycles. The Morgan fingerprint density at radius 3 is 0.827 bits per heavy atom. The fourth-order valence-electron chi connectivity index (χ4n) is 9.35. The lowest BCUT2D eigenvalue weighted by Crippen LogP contribution is -2.30. The fourth-order valence-corrected chi connectivity index (χ4v) is 9.35. The predicted octanol–water partition coefficient (Wildman–Crippen LogP) is 22.1. The van der Waals surface area contributed by atoms with Crippen molar-refractivity contribution in [3.8, 4) is 0 Å². The van der Waals surface area contributed by atoms with Crippen molar-refractivity contribution in [1.29, 1.82) is 0 Å². The molecule has 0 heterocycles. The van der Waals surface area contributed by atoms with Crippen molar-refractivity contribution in [2.24, 2.45) is 0 Å². The minimum Gasteiger partial charge on any atom is -0.462 e. The first-order valence-corrected chi connectivity index (χ1v) is 32.4. The van der Waals surface area contributed by atoms with Gasteiger partial charge in [-0.25, -0.2) is 0 Å². The van der Waals surface area contributed by atoms with Crippen LogP contribution >= 0.6 is 0 Å². The predicted molar refractivity (Wildman–Crippen MR) is 325 cm³/mol. The van der Waals surface area contributed by atoms with Crippen LogP contribution in [-0.2, 0) is 28.6 Å². The Hall–Kier alpha value is -3.15. The van der Waals surface area contributed by atoms with Gasteiger partial charge < -0.3 is 14.2 Å². The molecule has 0 aliphatic heterocycles. The van der Waals surface area contributed by atoms with Gasteiger partial charge in [0.15, 0.2) is 6.10 Å². The highest BCUT2D eigenvalue weighted by Crippen LogP contribution is 2.17. The Labute approximate surface area is 465 Å². The van der Waals surface area contributed by atoms with Crippen LogP contribution in [0.1, 0.15) is 329 Å². The van der Waals surface area contributed by atoms with Crippen molar-refractivity contribution in [2.45, 2.75) is 335 Å². The third-order valence-electron chi connectivity index (χ3n) is 14.2. The van der Waals surface area contributed by atoms with Gasteiger partial charge in [-0.2, -0.15) is 0 Å². The number of unbranched alkanes of at least 4 members (excludes halogenated alkanes) is 36. The molecule has 0 radical (unpaired) electrons. The van der Waals surface area contributed by atoms with Gasteiger partial charge in [-0.3, -0.25) is 14.4 Å². The van der Waals surface area contributed by atoms with Gasteiger partial charge >= 0.3 is 17.9 Å². The van der Waals surface area contributed by atoms with E-state index in [1.807, 2.05) is 0 Å². The van der Waals surface area contributed by atoms with Gasteiger partial charge in [-0.1, -0.05) is 293 Å². The zero-order valence-electron chi connectivity index (χ0n) is 49.8. The van der Waals surface area contributed by atoms with E-state index in [0.29, 0.717) is 19.3 Å². The summed E-state index contributed by atoms with van der Waals surface area (Å²) in [5.74, 6) is -0.873. The molecule has 1 unspecified atom stereocenters. The SMILES string of the molecule is CC/C=C\C/C=C\C/C=C\C/C=C\C/C=C\CCCCCCCCCCCCCCCCCCCC(=O)OCC(COC(=O)CCCCCCC)OC(=O)CCCCCCCCCCC/C=C\CCCCCCCC. The average molecular weight is 1050 g/mol. The van der Waals surface area contributed by atoms with Gasteiger partial charge in [0.2, 0.25) is 0 Å². The van der Waals surface area contributed by atoms with E-state index in [9.17, 15) is 14.4 Å². The summed E-state index contributed by atoms with van der Waals surface area (Å²) in [6.45, 7) is 6.47. The van der Waals surface area contributed by atoms with Crippen LogP contribution in [0.2, 0.25) is 0 Å². The smallest absolute Gasteiger partial charge is 0.306 e. The molecule has 0 rings (SSSR count). The summed E-state index contributed by atoms with van der Waals surface area (Å²) < 4.78 is 16.8. The normalized spacial score (nSPS) is 12.5. The van der Waals surface area contributed by atoms with Gasteiger partial charge in [-0.05, 0) is 89.9 Å². The summed E-state index contributed by atoms with van der Waals surface area (Å²) in [6.07, 6.45) is 82.6. The first kappa shape index (κ1) is 71.8. The van der Waals surface area contributed by atoms with Crippen molar-refractivity contribution in [1.82, 2.24) is 0 Å². The summed E-state index contributed by atoms with van der Waals surface area (Å²) in [5.41, 5.74) is 0. The van der Waals surface area contributed by atoms with Crippen molar-refractivity contribution in [3.05, 3.63) is 72.9 Å². The lowest BCUT2D eigenvalue weighted by atomic mass is 10.0. The zero-order chi connectivity index (χ0) is 54.3. The third-order valence-corrected chi connectivity index (χ3v) is 14.2. The number of hydrogen-bond donors (Lipinski definition) is 0. The van der Waals surface area contributed by atoms with Gasteiger partial charge in [-0.15, -0.1) is 0 Å². The van der Waals surface area contributed by atoms with E-state index in [1.165, 1.54) is 193 Å². The van der Waals surface area contributed by atoms with E-state index >= 15 is 0 Å². The topological polar surface area (TPSA) is 78.9 Å². The van der Waals surface area contributed by atoms with Crippen molar-refractivity contribution in [3.63, 3.8) is 0 Å². The van der Waals surface area contributed by atoms with Gasteiger partial charge in [0.05, 0.1) is 0 Å². The Morgan fingerprint density at radius 1 is 0.280 bits per heavy atom. The molecule has 6 heteroatoms. The van der Waals surface area contributed by atoms with E-state index in [-0.39, 0.29) is 31.1 Å².